The Labute approximate surface area is 89.0 Å². The maximum Gasteiger partial charge on any atom is 0.261 e. The predicted molar refractivity (Wildman–Crippen MR) is 63.2 cm³/mol. The molecule has 0 bridgehead atoms. The Morgan fingerprint density at radius 1 is 1.21 bits per heavy atom. The smallest absolute Gasteiger partial charge is 0.261 e. The van der Waals surface area contributed by atoms with Crippen molar-refractivity contribution in [1.29, 1.82) is 0 Å². The first-order valence-electron chi connectivity index (χ1n) is 4.82. The van der Waals surface area contributed by atoms with E-state index in [1.54, 1.807) is 6.08 Å². The summed E-state index contributed by atoms with van der Waals surface area (Å²) in [5.41, 5.74) is 0. The van der Waals surface area contributed by atoms with E-state index in [0.29, 0.717) is 6.26 Å². The molecule has 0 saturated heterocycles. The molecule has 3 nitrogen and oxygen atoms in total. The van der Waals surface area contributed by atoms with Gasteiger partial charge in [-0.25, -0.2) is 0 Å². The molecule has 0 unspecified atom stereocenters. The second kappa shape index (κ2) is 15.1. The first kappa shape index (κ1) is 19.3. The molecule has 0 spiro atoms. The van der Waals surface area contributed by atoms with Gasteiger partial charge in [0.2, 0.25) is 0 Å². The lowest BCUT2D eigenvalue weighted by Crippen LogP contribution is -1.88. The number of rotatable bonds is 3. The zero-order valence-electron chi connectivity index (χ0n) is 9.78. The van der Waals surface area contributed by atoms with Crippen LogP contribution in [0.3, 0.4) is 0 Å². The van der Waals surface area contributed by atoms with Crippen LogP contribution in [0, 0.1) is 0 Å². The third-order valence-electron chi connectivity index (χ3n) is 0.957. The van der Waals surface area contributed by atoms with Crippen LogP contribution < -0.4 is 0 Å². The van der Waals surface area contributed by atoms with Gasteiger partial charge in [0.05, 0.1) is 6.26 Å². The third kappa shape index (κ3) is 188. The molecule has 0 aliphatic rings. The molecule has 0 aromatic carbocycles. The average Bonchev–Trinajstić information content (AvgIpc) is 1.99. The molecule has 0 rings (SSSR count). The van der Waals surface area contributed by atoms with E-state index in [1.165, 1.54) is 25.7 Å². The molecule has 4 heteroatoms. The summed E-state index contributed by atoms with van der Waals surface area (Å²) in [6, 6.07) is 0. The molecular formula is C10H24O3S. The van der Waals surface area contributed by atoms with Gasteiger partial charge in [-0.2, -0.15) is 8.42 Å². The van der Waals surface area contributed by atoms with Gasteiger partial charge < -0.3 is 0 Å². The van der Waals surface area contributed by atoms with Crippen molar-refractivity contribution in [2.45, 2.75) is 46.5 Å². The summed E-state index contributed by atoms with van der Waals surface area (Å²) in [7, 11) is -3.67. The molecular weight excluding hydrogens is 200 g/mol. The fraction of sp³-hybridized carbons (Fsp3) is 0.800. The molecule has 0 aliphatic heterocycles. The summed E-state index contributed by atoms with van der Waals surface area (Å²) in [4.78, 5) is 0. The van der Waals surface area contributed by atoms with E-state index >= 15 is 0 Å². The minimum absolute atomic E-state index is 0.715. The van der Waals surface area contributed by atoms with Crippen LogP contribution in [0.1, 0.15) is 46.5 Å². The predicted octanol–water partition coefficient (Wildman–Crippen LogP) is 3.28. The van der Waals surface area contributed by atoms with Gasteiger partial charge in [-0.3, -0.25) is 4.55 Å². The summed E-state index contributed by atoms with van der Waals surface area (Å²) in [5, 5.41) is 0. The van der Waals surface area contributed by atoms with Crippen molar-refractivity contribution in [3.8, 4) is 0 Å². The van der Waals surface area contributed by atoms with Crippen LogP contribution in [0.15, 0.2) is 12.7 Å². The van der Waals surface area contributed by atoms with E-state index < -0.39 is 10.1 Å². The van der Waals surface area contributed by atoms with E-state index in [4.69, 9.17) is 4.55 Å². The summed E-state index contributed by atoms with van der Waals surface area (Å²) >= 11 is 0. The summed E-state index contributed by atoms with van der Waals surface area (Å²) in [5.74, 6) is 0. The molecule has 0 aromatic heterocycles. The van der Waals surface area contributed by atoms with Crippen molar-refractivity contribution in [1.82, 2.24) is 0 Å². The fourth-order valence-electron chi connectivity index (χ4n) is 0.500. The number of allylic oxidation sites excluding steroid dienone is 1. The Balaban J connectivity index is -0.000000138. The maximum absolute atomic E-state index is 9.19. The van der Waals surface area contributed by atoms with Gasteiger partial charge >= 0.3 is 0 Å². The van der Waals surface area contributed by atoms with Crippen LogP contribution in [-0.2, 0) is 10.1 Å². The molecule has 0 radical (unpaired) electrons. The Kier molecular flexibility index (Phi) is 20.8. The van der Waals surface area contributed by atoms with Crippen LogP contribution in [0.2, 0.25) is 0 Å². The highest BCUT2D eigenvalue weighted by Gasteiger charge is 1.81. The van der Waals surface area contributed by atoms with Gasteiger partial charge in [0.15, 0.2) is 0 Å². The Morgan fingerprint density at radius 3 is 1.43 bits per heavy atom. The summed E-state index contributed by atoms with van der Waals surface area (Å²) < 4.78 is 25.9. The van der Waals surface area contributed by atoms with Crippen molar-refractivity contribution in [2.24, 2.45) is 0 Å². The molecule has 88 valence electrons. The van der Waals surface area contributed by atoms with Crippen LogP contribution in [0.25, 0.3) is 0 Å². The van der Waals surface area contributed by atoms with Crippen LogP contribution >= 0.6 is 0 Å². The highest BCUT2D eigenvalue weighted by molar-refractivity contribution is 7.85. The first-order chi connectivity index (χ1) is 6.33. The van der Waals surface area contributed by atoms with Crippen LogP contribution in [-0.4, -0.2) is 19.2 Å². The van der Waals surface area contributed by atoms with Gasteiger partial charge in [-0.15, -0.1) is 6.58 Å². The number of unbranched alkanes of at least 4 members (excludes halogenated alkanes) is 3. The highest BCUT2D eigenvalue weighted by Crippen LogP contribution is 1.95. The maximum atomic E-state index is 9.19. The van der Waals surface area contributed by atoms with Crippen molar-refractivity contribution in [2.75, 3.05) is 6.26 Å². The van der Waals surface area contributed by atoms with Gasteiger partial charge in [-0.05, 0) is 6.92 Å². The standard InChI is InChI=1S/C6H14.C3H6.CH4O3S/c1-3-5-6-4-2;1-3-2;1-5(2,3)4/h3-6H2,1-2H3;3H,1H2,2H3;1H3,(H,2,3,4). The van der Waals surface area contributed by atoms with Gasteiger partial charge in [-0.1, -0.05) is 45.6 Å². The van der Waals surface area contributed by atoms with E-state index in [9.17, 15) is 8.42 Å². The molecule has 0 amide bonds. The van der Waals surface area contributed by atoms with Crippen LogP contribution in [0.5, 0.6) is 0 Å². The fourth-order valence-corrected chi connectivity index (χ4v) is 0.500. The monoisotopic (exact) mass is 224 g/mol. The normalized spacial score (nSPS) is 8.93. The van der Waals surface area contributed by atoms with Crippen LogP contribution in [0.4, 0.5) is 0 Å². The zero-order valence-corrected chi connectivity index (χ0v) is 10.6. The van der Waals surface area contributed by atoms with Crippen molar-refractivity contribution >= 4 is 10.1 Å². The number of hydrogen-bond donors (Lipinski definition) is 1. The third-order valence-corrected chi connectivity index (χ3v) is 0.957. The lowest BCUT2D eigenvalue weighted by Gasteiger charge is -1.86. The van der Waals surface area contributed by atoms with Gasteiger partial charge in [0.25, 0.3) is 10.1 Å². The SMILES string of the molecule is C=CC.CCCCCC.CS(=O)(=O)O. The Morgan fingerprint density at radius 2 is 1.36 bits per heavy atom. The molecule has 0 aliphatic carbocycles. The number of hydrogen-bond acceptors (Lipinski definition) is 2. The van der Waals surface area contributed by atoms with Crippen molar-refractivity contribution < 1.29 is 13.0 Å². The van der Waals surface area contributed by atoms with E-state index in [2.05, 4.69) is 20.4 Å². The van der Waals surface area contributed by atoms with Crippen molar-refractivity contribution in [3.05, 3.63) is 12.7 Å². The molecule has 1 N–H and O–H groups in total. The Hall–Kier alpha value is -0.350. The van der Waals surface area contributed by atoms with Crippen molar-refractivity contribution in [3.63, 3.8) is 0 Å². The second-order valence-corrected chi connectivity index (χ2v) is 4.31. The molecule has 0 aromatic rings. The first-order valence-corrected chi connectivity index (χ1v) is 6.67. The molecule has 0 fully saturated rings. The quantitative estimate of drug-likeness (QED) is 0.454. The van der Waals surface area contributed by atoms with E-state index in [-0.39, 0.29) is 0 Å². The second-order valence-electron chi connectivity index (χ2n) is 2.85. The lowest BCUT2D eigenvalue weighted by molar-refractivity contribution is 0.490. The zero-order chi connectivity index (χ0) is 12.0. The molecule has 14 heavy (non-hydrogen) atoms. The lowest BCUT2D eigenvalue weighted by atomic mass is 10.2. The largest absolute Gasteiger partial charge is 0.286 e. The minimum atomic E-state index is -3.67. The molecule has 0 saturated carbocycles. The summed E-state index contributed by atoms with van der Waals surface area (Å²) in [6.45, 7) is 9.71. The molecule has 0 heterocycles. The van der Waals surface area contributed by atoms with E-state index in [0.717, 1.165) is 0 Å². The summed E-state index contributed by atoms with van der Waals surface area (Å²) in [6.07, 6.45) is 8.00. The average molecular weight is 224 g/mol. The highest BCUT2D eigenvalue weighted by atomic mass is 32.2. The Bertz CT molecular complexity index is 172. The van der Waals surface area contributed by atoms with Gasteiger partial charge in [0, 0.05) is 0 Å². The van der Waals surface area contributed by atoms with E-state index in [1.807, 2.05) is 6.92 Å². The van der Waals surface area contributed by atoms with Gasteiger partial charge in [0.1, 0.15) is 0 Å². The molecule has 0 atom stereocenters. The topological polar surface area (TPSA) is 54.4 Å². The minimum Gasteiger partial charge on any atom is -0.286 e.